The summed E-state index contributed by atoms with van der Waals surface area (Å²) in [6, 6.07) is 7.01. The minimum absolute atomic E-state index is 0.243. The number of anilines is 1. The summed E-state index contributed by atoms with van der Waals surface area (Å²) in [4.78, 5) is 20.8. The second-order valence-corrected chi connectivity index (χ2v) is 7.20. The molecule has 3 N–H and O–H groups in total. The van der Waals surface area contributed by atoms with Crippen molar-refractivity contribution in [3.05, 3.63) is 62.4 Å². The summed E-state index contributed by atoms with van der Waals surface area (Å²) >= 11 is 12.4. The highest BCUT2D eigenvalue weighted by atomic mass is 35.5. The first-order chi connectivity index (χ1) is 12.5. The Morgan fingerprint density at radius 2 is 2.08 bits per heavy atom. The number of nitrogen functional groups attached to an aromatic ring is 1. The second kappa shape index (κ2) is 7.73. The van der Waals surface area contributed by atoms with E-state index in [1.54, 1.807) is 54.3 Å². The fraction of sp³-hybridized carbons (Fsp3) is 0.0625. The van der Waals surface area contributed by atoms with Gasteiger partial charge in [0.1, 0.15) is 16.4 Å². The van der Waals surface area contributed by atoms with E-state index in [9.17, 15) is 4.79 Å². The number of carbonyl (C=O) groups excluding carboxylic acids is 1. The third-order valence-electron chi connectivity index (χ3n) is 3.40. The Labute approximate surface area is 163 Å². The summed E-state index contributed by atoms with van der Waals surface area (Å²) in [6.07, 6.45) is 4.66. The predicted molar refractivity (Wildman–Crippen MR) is 106 cm³/mol. The van der Waals surface area contributed by atoms with Crippen LogP contribution in [0.4, 0.5) is 5.82 Å². The lowest BCUT2D eigenvalue weighted by molar-refractivity contribution is 0.0959. The number of rotatable bonds is 4. The zero-order chi connectivity index (χ0) is 18.7. The van der Waals surface area contributed by atoms with Crippen molar-refractivity contribution in [1.82, 2.24) is 20.0 Å². The number of amides is 1. The fourth-order valence-electron chi connectivity index (χ4n) is 2.11. The van der Waals surface area contributed by atoms with E-state index in [-0.39, 0.29) is 10.7 Å². The normalized spacial score (nSPS) is 11.4. The quantitative estimate of drug-likeness (QED) is 0.394. The number of benzene rings is 1. The van der Waals surface area contributed by atoms with Crippen molar-refractivity contribution in [3.63, 3.8) is 0 Å². The number of nitrogens with one attached hydrogen (secondary N) is 1. The van der Waals surface area contributed by atoms with E-state index in [2.05, 4.69) is 20.5 Å². The summed E-state index contributed by atoms with van der Waals surface area (Å²) in [5, 5.41) is 4.64. The van der Waals surface area contributed by atoms with E-state index in [0.29, 0.717) is 20.4 Å². The van der Waals surface area contributed by atoms with Crippen LogP contribution in [0, 0.1) is 3.95 Å². The van der Waals surface area contributed by atoms with Crippen LogP contribution in [0.2, 0.25) is 5.02 Å². The van der Waals surface area contributed by atoms with Gasteiger partial charge in [-0.2, -0.15) is 5.10 Å². The molecule has 7 nitrogen and oxygen atoms in total. The number of hydrogen-bond acceptors (Lipinski definition) is 7. The van der Waals surface area contributed by atoms with Crippen molar-refractivity contribution in [3.8, 4) is 5.69 Å². The first-order valence-corrected chi connectivity index (χ1v) is 8.96. The van der Waals surface area contributed by atoms with Crippen LogP contribution in [-0.4, -0.2) is 26.2 Å². The van der Waals surface area contributed by atoms with Crippen LogP contribution in [0.3, 0.4) is 0 Å². The fourth-order valence-corrected chi connectivity index (χ4v) is 3.49. The van der Waals surface area contributed by atoms with Gasteiger partial charge in [0.2, 0.25) is 0 Å². The molecule has 0 unspecified atom stereocenters. The molecule has 0 bridgehead atoms. The molecule has 26 heavy (non-hydrogen) atoms. The summed E-state index contributed by atoms with van der Waals surface area (Å²) in [5.74, 6) is -0.207. The molecule has 1 aromatic carbocycles. The largest absolute Gasteiger partial charge is 0.383 e. The van der Waals surface area contributed by atoms with Crippen molar-refractivity contribution in [2.45, 2.75) is 6.92 Å². The number of thiazole rings is 1. The molecule has 1 amide bonds. The van der Waals surface area contributed by atoms with E-state index in [1.807, 2.05) is 0 Å². The summed E-state index contributed by atoms with van der Waals surface area (Å²) in [5.41, 5.74) is 10.4. The minimum atomic E-state index is -0.449. The van der Waals surface area contributed by atoms with E-state index in [1.165, 1.54) is 0 Å². The lowest BCUT2D eigenvalue weighted by Crippen LogP contribution is -2.20. The third kappa shape index (κ3) is 3.79. The van der Waals surface area contributed by atoms with Crippen molar-refractivity contribution in [1.29, 1.82) is 0 Å². The molecule has 2 heterocycles. The highest BCUT2D eigenvalue weighted by molar-refractivity contribution is 7.73. The van der Waals surface area contributed by atoms with E-state index in [4.69, 9.17) is 29.6 Å². The first kappa shape index (κ1) is 18.2. The molecule has 0 saturated heterocycles. The first-order valence-electron chi connectivity index (χ1n) is 7.35. The maximum absolute atomic E-state index is 12.4. The van der Waals surface area contributed by atoms with Crippen LogP contribution in [-0.2, 0) is 0 Å². The van der Waals surface area contributed by atoms with Gasteiger partial charge in [-0.1, -0.05) is 22.9 Å². The van der Waals surface area contributed by atoms with Crippen LogP contribution in [0.25, 0.3) is 5.69 Å². The maximum Gasteiger partial charge on any atom is 0.285 e. The number of hydrogen-bond donors (Lipinski definition) is 2. The average molecular weight is 405 g/mol. The summed E-state index contributed by atoms with van der Waals surface area (Å²) < 4.78 is 2.06. The summed E-state index contributed by atoms with van der Waals surface area (Å²) in [6.45, 7) is 1.72. The van der Waals surface area contributed by atoms with Gasteiger partial charge in [-0.25, -0.2) is 5.43 Å². The SMILES string of the molecule is C/C(=N\NC(=O)c1sc(=S)n(-c2ccc(Cl)cc2)c1N)c1cnccn1. The van der Waals surface area contributed by atoms with Crippen LogP contribution in [0.5, 0.6) is 0 Å². The summed E-state index contributed by atoms with van der Waals surface area (Å²) in [7, 11) is 0. The molecule has 132 valence electrons. The minimum Gasteiger partial charge on any atom is -0.383 e. The van der Waals surface area contributed by atoms with Gasteiger partial charge >= 0.3 is 0 Å². The lowest BCUT2D eigenvalue weighted by atomic mass is 10.3. The number of carbonyl (C=O) groups is 1. The van der Waals surface area contributed by atoms with Gasteiger partial charge in [-0.05, 0) is 43.4 Å². The molecule has 0 atom stereocenters. The van der Waals surface area contributed by atoms with Crippen LogP contribution in [0.15, 0.2) is 48.0 Å². The van der Waals surface area contributed by atoms with Gasteiger partial charge < -0.3 is 5.73 Å². The monoisotopic (exact) mass is 404 g/mol. The number of nitrogens with zero attached hydrogens (tertiary/aromatic N) is 4. The Balaban J connectivity index is 1.86. The van der Waals surface area contributed by atoms with Crippen molar-refractivity contribution >= 4 is 52.6 Å². The van der Waals surface area contributed by atoms with Gasteiger partial charge in [-0.3, -0.25) is 19.3 Å². The molecule has 0 radical (unpaired) electrons. The van der Waals surface area contributed by atoms with Gasteiger partial charge in [0.25, 0.3) is 5.91 Å². The molecular weight excluding hydrogens is 392 g/mol. The van der Waals surface area contributed by atoms with E-state index in [0.717, 1.165) is 17.0 Å². The zero-order valence-electron chi connectivity index (χ0n) is 13.5. The molecule has 0 saturated carbocycles. The highest BCUT2D eigenvalue weighted by Crippen LogP contribution is 2.26. The Hall–Kier alpha value is -2.62. The molecular formula is C16H13ClN6OS2. The topological polar surface area (TPSA) is 98.2 Å². The number of nitrogens with two attached hydrogens (primary N) is 1. The van der Waals surface area contributed by atoms with Gasteiger partial charge in [0.05, 0.1) is 11.9 Å². The smallest absolute Gasteiger partial charge is 0.285 e. The van der Waals surface area contributed by atoms with E-state index >= 15 is 0 Å². The van der Waals surface area contributed by atoms with Gasteiger partial charge in [0.15, 0.2) is 3.95 Å². The molecule has 0 aliphatic rings. The molecule has 3 rings (SSSR count). The van der Waals surface area contributed by atoms with Crippen LogP contribution in [0.1, 0.15) is 22.3 Å². The van der Waals surface area contributed by atoms with Crippen molar-refractivity contribution in [2.75, 3.05) is 5.73 Å². The molecule has 0 aliphatic heterocycles. The Bertz CT molecular complexity index is 1030. The van der Waals surface area contributed by atoms with Crippen molar-refractivity contribution < 1.29 is 4.79 Å². The zero-order valence-corrected chi connectivity index (χ0v) is 15.9. The predicted octanol–water partition coefficient (Wildman–Crippen LogP) is 3.45. The van der Waals surface area contributed by atoms with Crippen LogP contribution >= 0.6 is 35.2 Å². The second-order valence-electron chi connectivity index (χ2n) is 5.12. The molecule has 0 aliphatic carbocycles. The standard InChI is InChI=1S/C16H13ClN6OS2/c1-9(12-8-19-6-7-20-12)21-22-15(24)13-14(18)23(16(25)26-13)11-4-2-10(17)3-5-11/h2-8H,18H2,1H3,(H,22,24)/b21-9+. The highest BCUT2D eigenvalue weighted by Gasteiger charge is 2.18. The Morgan fingerprint density at radius 1 is 1.35 bits per heavy atom. The van der Waals surface area contributed by atoms with Crippen molar-refractivity contribution in [2.24, 2.45) is 5.10 Å². The molecule has 2 aromatic heterocycles. The number of halogens is 1. The van der Waals surface area contributed by atoms with E-state index < -0.39 is 5.91 Å². The molecule has 3 aromatic rings. The number of hydrazone groups is 1. The molecule has 0 fully saturated rings. The Morgan fingerprint density at radius 3 is 2.73 bits per heavy atom. The van der Waals surface area contributed by atoms with Crippen LogP contribution < -0.4 is 11.2 Å². The third-order valence-corrected chi connectivity index (χ3v) is 5.04. The lowest BCUT2D eigenvalue weighted by Gasteiger charge is -2.06. The molecule has 0 spiro atoms. The Kier molecular flexibility index (Phi) is 5.40. The maximum atomic E-state index is 12.4. The number of aromatic nitrogens is 3. The van der Waals surface area contributed by atoms with Gasteiger partial charge in [0, 0.05) is 23.1 Å². The van der Waals surface area contributed by atoms with Gasteiger partial charge in [-0.15, -0.1) is 0 Å². The molecule has 10 heteroatoms. The average Bonchev–Trinajstić information content (AvgIpc) is 2.95.